The number of hydrogen-bond donors (Lipinski definition) is 1. The Balaban J connectivity index is 1.84. The average Bonchev–Trinajstić information content (AvgIpc) is 3.03. The van der Waals surface area contributed by atoms with Crippen LogP contribution in [0.3, 0.4) is 0 Å². The predicted molar refractivity (Wildman–Crippen MR) is 100 cm³/mol. The number of thioether (sulfide) groups is 1. The molecule has 0 spiro atoms. The highest BCUT2D eigenvalue weighted by atomic mass is 32.2. The predicted octanol–water partition coefficient (Wildman–Crippen LogP) is 2.94. The molecule has 1 aromatic carbocycles. The molecule has 2 aliphatic rings. The molecule has 0 fully saturated rings. The molecule has 130 valence electrons. The summed E-state index contributed by atoms with van der Waals surface area (Å²) in [7, 11) is 4.04. The summed E-state index contributed by atoms with van der Waals surface area (Å²) in [4.78, 5) is 19.3. The van der Waals surface area contributed by atoms with E-state index in [1.807, 2.05) is 25.0 Å². The van der Waals surface area contributed by atoms with Crippen molar-refractivity contribution in [1.82, 2.24) is 14.8 Å². The van der Waals surface area contributed by atoms with Crippen LogP contribution >= 0.6 is 11.8 Å². The van der Waals surface area contributed by atoms with Gasteiger partial charge in [0, 0.05) is 31.9 Å². The van der Waals surface area contributed by atoms with Crippen LogP contribution in [-0.4, -0.2) is 40.9 Å². The first kappa shape index (κ1) is 16.2. The summed E-state index contributed by atoms with van der Waals surface area (Å²) < 4.78 is 1.88. The number of ketones is 1. The number of fused-ring (bicyclic) bond motifs is 2. The van der Waals surface area contributed by atoms with Gasteiger partial charge < -0.3 is 10.2 Å². The molecule has 2 heterocycles. The summed E-state index contributed by atoms with van der Waals surface area (Å²) in [6.07, 6.45) is 5.46. The van der Waals surface area contributed by atoms with Gasteiger partial charge in [-0.1, -0.05) is 30.0 Å². The van der Waals surface area contributed by atoms with E-state index in [9.17, 15) is 4.79 Å². The lowest BCUT2D eigenvalue weighted by atomic mass is 9.81. The van der Waals surface area contributed by atoms with Gasteiger partial charge in [0.2, 0.25) is 11.1 Å². The molecule has 0 amide bonds. The standard InChI is InChI=1S/C18H21N5OS/c1-22(2)12-9-7-11(8-10-12)16-15-13(5-4-6-14(15)24)19-17-20-18(25-3)21-23(16)17/h5,7-10,15-16H,4,6H2,1-3H3,(H,19,20,21)/t15-,16-/m1/s1. The van der Waals surface area contributed by atoms with Gasteiger partial charge in [0.1, 0.15) is 5.78 Å². The van der Waals surface area contributed by atoms with Crippen LogP contribution in [0.1, 0.15) is 24.4 Å². The first-order chi connectivity index (χ1) is 12.1. The highest BCUT2D eigenvalue weighted by Gasteiger charge is 2.41. The van der Waals surface area contributed by atoms with Gasteiger partial charge in [-0.05, 0) is 30.4 Å². The fourth-order valence-corrected chi connectivity index (χ4v) is 3.89. The summed E-state index contributed by atoms with van der Waals surface area (Å²) >= 11 is 1.51. The number of benzene rings is 1. The van der Waals surface area contributed by atoms with E-state index in [1.165, 1.54) is 11.8 Å². The van der Waals surface area contributed by atoms with E-state index in [0.29, 0.717) is 17.5 Å². The lowest BCUT2D eigenvalue weighted by Gasteiger charge is -2.36. The summed E-state index contributed by atoms with van der Waals surface area (Å²) in [5.74, 6) is 0.754. The zero-order valence-electron chi connectivity index (χ0n) is 14.6. The molecular weight excluding hydrogens is 334 g/mol. The number of hydrogen-bond acceptors (Lipinski definition) is 6. The van der Waals surface area contributed by atoms with Crippen LogP contribution in [0.25, 0.3) is 0 Å². The van der Waals surface area contributed by atoms with Crippen molar-refractivity contribution >= 4 is 29.2 Å². The third-order valence-corrected chi connectivity index (χ3v) is 5.36. The van der Waals surface area contributed by atoms with Gasteiger partial charge >= 0.3 is 0 Å². The van der Waals surface area contributed by atoms with Crippen LogP contribution in [0, 0.1) is 5.92 Å². The Hall–Kier alpha value is -2.28. The average molecular weight is 355 g/mol. The number of carbonyl (C=O) groups excluding carboxylic acids is 1. The summed E-state index contributed by atoms with van der Waals surface area (Å²) in [6.45, 7) is 0. The lowest BCUT2D eigenvalue weighted by molar-refractivity contribution is -0.123. The zero-order chi connectivity index (χ0) is 17.6. The molecule has 1 aliphatic carbocycles. The van der Waals surface area contributed by atoms with Crippen LogP contribution in [0.15, 0.2) is 41.2 Å². The minimum Gasteiger partial charge on any atom is -0.378 e. The summed E-state index contributed by atoms with van der Waals surface area (Å²) in [6, 6.07) is 8.20. The van der Waals surface area contributed by atoms with Crippen LogP contribution < -0.4 is 10.2 Å². The maximum atomic E-state index is 12.7. The second-order valence-electron chi connectivity index (χ2n) is 6.56. The van der Waals surface area contributed by atoms with E-state index in [0.717, 1.165) is 23.4 Å². The van der Waals surface area contributed by atoms with Gasteiger partial charge in [0.25, 0.3) is 0 Å². The van der Waals surface area contributed by atoms with E-state index in [2.05, 4.69) is 50.6 Å². The van der Waals surface area contributed by atoms with Crippen molar-refractivity contribution in [2.24, 2.45) is 5.92 Å². The number of Topliss-reactive ketones (excluding diaryl/α,β-unsaturated/α-hetero) is 1. The van der Waals surface area contributed by atoms with Gasteiger partial charge in [-0.2, -0.15) is 4.98 Å². The Morgan fingerprint density at radius 2 is 2.04 bits per heavy atom. The third-order valence-electron chi connectivity index (χ3n) is 4.82. The van der Waals surface area contributed by atoms with Crippen molar-refractivity contribution in [1.29, 1.82) is 0 Å². The highest BCUT2D eigenvalue weighted by molar-refractivity contribution is 7.98. The van der Waals surface area contributed by atoms with E-state index < -0.39 is 0 Å². The second-order valence-corrected chi connectivity index (χ2v) is 7.34. The topological polar surface area (TPSA) is 63.1 Å². The van der Waals surface area contributed by atoms with Crippen molar-refractivity contribution in [2.75, 3.05) is 30.6 Å². The zero-order valence-corrected chi connectivity index (χ0v) is 15.4. The van der Waals surface area contributed by atoms with E-state index >= 15 is 0 Å². The Morgan fingerprint density at radius 1 is 1.28 bits per heavy atom. The van der Waals surface area contributed by atoms with Crippen LogP contribution in [0.2, 0.25) is 0 Å². The summed E-state index contributed by atoms with van der Waals surface area (Å²) in [5, 5.41) is 8.66. The Kier molecular flexibility index (Phi) is 4.03. The fourth-order valence-electron chi connectivity index (χ4n) is 3.54. The largest absolute Gasteiger partial charge is 0.378 e. The van der Waals surface area contributed by atoms with Gasteiger partial charge in [-0.3, -0.25) is 4.79 Å². The molecule has 2 aromatic rings. The molecule has 4 rings (SSSR count). The van der Waals surface area contributed by atoms with Crippen molar-refractivity contribution in [3.8, 4) is 0 Å². The number of carbonyl (C=O) groups is 1. The molecule has 25 heavy (non-hydrogen) atoms. The number of nitrogens with one attached hydrogen (secondary N) is 1. The molecule has 1 aromatic heterocycles. The fraction of sp³-hybridized carbons (Fsp3) is 0.389. The summed E-state index contributed by atoms with van der Waals surface area (Å²) in [5.41, 5.74) is 3.18. The highest BCUT2D eigenvalue weighted by Crippen LogP contribution is 2.42. The molecule has 0 bridgehead atoms. The van der Waals surface area contributed by atoms with Gasteiger partial charge in [0.05, 0.1) is 12.0 Å². The quantitative estimate of drug-likeness (QED) is 0.854. The van der Waals surface area contributed by atoms with E-state index in [-0.39, 0.29) is 17.7 Å². The maximum Gasteiger partial charge on any atom is 0.227 e. The van der Waals surface area contributed by atoms with E-state index in [1.54, 1.807) is 0 Å². The lowest BCUT2D eigenvalue weighted by Crippen LogP contribution is -2.38. The van der Waals surface area contributed by atoms with E-state index in [4.69, 9.17) is 0 Å². The van der Waals surface area contributed by atoms with Gasteiger partial charge in [0.15, 0.2) is 0 Å². The van der Waals surface area contributed by atoms with Crippen LogP contribution in [-0.2, 0) is 4.79 Å². The normalized spacial score (nSPS) is 21.9. The Morgan fingerprint density at radius 3 is 2.72 bits per heavy atom. The first-order valence-corrected chi connectivity index (χ1v) is 9.58. The van der Waals surface area contributed by atoms with Crippen molar-refractivity contribution in [2.45, 2.75) is 24.0 Å². The third kappa shape index (κ3) is 2.72. The Labute approximate surface area is 151 Å². The number of anilines is 2. The monoisotopic (exact) mass is 355 g/mol. The molecule has 0 saturated carbocycles. The Bertz CT molecular complexity index is 840. The first-order valence-electron chi connectivity index (χ1n) is 8.36. The van der Waals surface area contributed by atoms with Crippen molar-refractivity contribution < 1.29 is 4.79 Å². The van der Waals surface area contributed by atoms with Crippen LogP contribution in [0.4, 0.5) is 11.6 Å². The molecule has 6 nitrogen and oxygen atoms in total. The molecule has 0 radical (unpaired) electrons. The molecule has 0 saturated heterocycles. The minimum absolute atomic E-state index is 0.153. The van der Waals surface area contributed by atoms with Crippen molar-refractivity contribution in [3.05, 3.63) is 41.6 Å². The minimum atomic E-state index is -0.220. The molecule has 1 N–H and O–H groups in total. The van der Waals surface area contributed by atoms with Crippen LogP contribution in [0.5, 0.6) is 0 Å². The smallest absolute Gasteiger partial charge is 0.227 e. The number of nitrogens with zero attached hydrogens (tertiary/aromatic N) is 4. The number of allylic oxidation sites excluding steroid dienone is 2. The second kappa shape index (κ2) is 6.22. The SMILES string of the molecule is CSc1nc2n(n1)[C@H](c1ccc(N(C)C)cc1)[C@H]1C(=O)CCC=C1N2. The van der Waals surface area contributed by atoms with Gasteiger partial charge in [-0.15, -0.1) is 5.10 Å². The molecular formula is C18H21N5OS. The van der Waals surface area contributed by atoms with Gasteiger partial charge in [-0.25, -0.2) is 4.68 Å². The molecule has 1 aliphatic heterocycles. The number of rotatable bonds is 3. The molecule has 7 heteroatoms. The van der Waals surface area contributed by atoms with Crippen molar-refractivity contribution in [3.63, 3.8) is 0 Å². The number of aromatic nitrogens is 3. The maximum absolute atomic E-state index is 12.7. The molecule has 2 atom stereocenters. The molecule has 0 unspecified atom stereocenters.